The molecule has 1 saturated heterocycles. The highest BCUT2D eigenvalue weighted by Crippen LogP contribution is 2.17. The molecule has 0 saturated carbocycles. The molecule has 0 unspecified atom stereocenters. The van der Waals surface area contributed by atoms with E-state index in [1.54, 1.807) is 6.92 Å². The third kappa shape index (κ3) is 4.56. The van der Waals surface area contributed by atoms with Crippen molar-refractivity contribution in [3.05, 3.63) is 29.8 Å². The smallest absolute Gasteiger partial charge is 0.344 e. The second kappa shape index (κ2) is 7.14. The summed E-state index contributed by atoms with van der Waals surface area (Å²) < 4.78 is 10.3. The van der Waals surface area contributed by atoms with Gasteiger partial charge in [-0.05, 0) is 50.6 Å². The highest BCUT2D eigenvalue weighted by Gasteiger charge is 2.12. The molecule has 104 valence electrons. The van der Waals surface area contributed by atoms with Crippen LogP contribution < -0.4 is 4.74 Å². The highest BCUT2D eigenvalue weighted by molar-refractivity contribution is 5.71. The zero-order valence-corrected chi connectivity index (χ0v) is 11.4. The molecule has 19 heavy (non-hydrogen) atoms. The number of likely N-dealkylation sites (tertiary alicyclic amines) is 1. The molecule has 0 spiro atoms. The molecule has 0 aromatic heterocycles. The van der Waals surface area contributed by atoms with E-state index in [9.17, 15) is 4.79 Å². The van der Waals surface area contributed by atoms with Crippen molar-refractivity contribution in [2.24, 2.45) is 0 Å². The third-order valence-electron chi connectivity index (χ3n) is 3.17. The topological polar surface area (TPSA) is 38.8 Å². The molecule has 4 nitrogen and oxygen atoms in total. The number of ether oxygens (including phenoxy) is 2. The van der Waals surface area contributed by atoms with E-state index in [-0.39, 0.29) is 12.6 Å². The number of carbonyl (C=O) groups is 1. The molecule has 0 amide bonds. The van der Waals surface area contributed by atoms with Crippen LogP contribution in [0.1, 0.15) is 25.3 Å². The molecule has 0 aliphatic carbocycles. The molecule has 1 aliphatic rings. The normalized spacial score (nSPS) is 15.4. The number of carbonyl (C=O) groups excluding carboxylic acids is 1. The summed E-state index contributed by atoms with van der Waals surface area (Å²) >= 11 is 0. The molecular formula is C15H21NO3. The van der Waals surface area contributed by atoms with Gasteiger partial charge in [0, 0.05) is 6.54 Å². The standard InChI is InChI=1S/C15H21NO3/c1-2-18-15(17)12-19-14-7-5-6-13(10-14)11-16-8-3-4-9-16/h5-7,10H,2-4,8-9,11-12H2,1H3. The van der Waals surface area contributed by atoms with E-state index in [2.05, 4.69) is 11.0 Å². The first-order chi connectivity index (χ1) is 9.28. The third-order valence-corrected chi connectivity index (χ3v) is 3.17. The Morgan fingerprint density at radius 1 is 1.32 bits per heavy atom. The molecular weight excluding hydrogens is 242 g/mol. The molecule has 1 heterocycles. The van der Waals surface area contributed by atoms with E-state index in [1.165, 1.54) is 31.5 Å². The van der Waals surface area contributed by atoms with Crippen LogP contribution in [0.15, 0.2) is 24.3 Å². The lowest BCUT2D eigenvalue weighted by atomic mass is 10.2. The van der Waals surface area contributed by atoms with Gasteiger partial charge in [-0.1, -0.05) is 12.1 Å². The van der Waals surface area contributed by atoms with Gasteiger partial charge in [-0.15, -0.1) is 0 Å². The van der Waals surface area contributed by atoms with Crippen LogP contribution in [-0.4, -0.2) is 37.2 Å². The SMILES string of the molecule is CCOC(=O)COc1cccc(CN2CCCC2)c1. The largest absolute Gasteiger partial charge is 0.482 e. The second-order valence-corrected chi connectivity index (χ2v) is 4.72. The van der Waals surface area contributed by atoms with Crippen molar-refractivity contribution in [2.45, 2.75) is 26.3 Å². The van der Waals surface area contributed by atoms with E-state index in [0.717, 1.165) is 12.3 Å². The average molecular weight is 263 g/mol. The number of esters is 1. The Hall–Kier alpha value is -1.55. The van der Waals surface area contributed by atoms with Crippen LogP contribution in [0.5, 0.6) is 5.75 Å². The van der Waals surface area contributed by atoms with E-state index >= 15 is 0 Å². The van der Waals surface area contributed by atoms with Crippen LogP contribution in [0.25, 0.3) is 0 Å². The number of nitrogens with zero attached hydrogens (tertiary/aromatic N) is 1. The van der Waals surface area contributed by atoms with Crippen molar-refractivity contribution in [3.63, 3.8) is 0 Å². The van der Waals surface area contributed by atoms with Crippen LogP contribution in [0.4, 0.5) is 0 Å². The Bertz CT molecular complexity index is 414. The van der Waals surface area contributed by atoms with Gasteiger partial charge in [0.1, 0.15) is 5.75 Å². The fraction of sp³-hybridized carbons (Fsp3) is 0.533. The van der Waals surface area contributed by atoms with Gasteiger partial charge in [-0.2, -0.15) is 0 Å². The Labute approximate surface area is 114 Å². The quantitative estimate of drug-likeness (QED) is 0.738. The molecule has 0 N–H and O–H groups in total. The van der Waals surface area contributed by atoms with Crippen LogP contribution in [0.3, 0.4) is 0 Å². The maximum atomic E-state index is 11.2. The van der Waals surface area contributed by atoms with E-state index in [4.69, 9.17) is 9.47 Å². The second-order valence-electron chi connectivity index (χ2n) is 4.72. The molecule has 4 heteroatoms. The van der Waals surface area contributed by atoms with Crippen LogP contribution in [0, 0.1) is 0 Å². The minimum absolute atomic E-state index is 0.0268. The lowest BCUT2D eigenvalue weighted by Crippen LogP contribution is -2.18. The lowest BCUT2D eigenvalue weighted by molar-refractivity contribution is -0.145. The first-order valence-corrected chi connectivity index (χ1v) is 6.87. The Morgan fingerprint density at radius 2 is 2.11 bits per heavy atom. The highest BCUT2D eigenvalue weighted by atomic mass is 16.6. The summed E-state index contributed by atoms with van der Waals surface area (Å²) in [5, 5.41) is 0. The van der Waals surface area contributed by atoms with Gasteiger partial charge in [-0.25, -0.2) is 4.79 Å². The molecule has 1 aliphatic heterocycles. The number of rotatable bonds is 6. The molecule has 0 bridgehead atoms. The van der Waals surface area contributed by atoms with Gasteiger partial charge < -0.3 is 9.47 Å². The summed E-state index contributed by atoms with van der Waals surface area (Å²) in [5.74, 6) is 0.400. The van der Waals surface area contributed by atoms with Gasteiger partial charge in [0.15, 0.2) is 6.61 Å². The first kappa shape index (κ1) is 13.9. The Morgan fingerprint density at radius 3 is 2.84 bits per heavy atom. The monoisotopic (exact) mass is 263 g/mol. The maximum Gasteiger partial charge on any atom is 0.344 e. The fourth-order valence-electron chi connectivity index (χ4n) is 2.28. The number of benzene rings is 1. The van der Waals surface area contributed by atoms with Crippen LogP contribution in [0.2, 0.25) is 0 Å². The van der Waals surface area contributed by atoms with Gasteiger partial charge in [0.05, 0.1) is 6.61 Å². The summed E-state index contributed by atoms with van der Waals surface area (Å²) in [6.07, 6.45) is 2.58. The van der Waals surface area contributed by atoms with Crippen molar-refractivity contribution in [2.75, 3.05) is 26.3 Å². The first-order valence-electron chi connectivity index (χ1n) is 6.87. The molecule has 1 aromatic rings. The summed E-state index contributed by atoms with van der Waals surface area (Å²) in [5.41, 5.74) is 1.23. The molecule has 1 aromatic carbocycles. The summed E-state index contributed by atoms with van der Waals surface area (Å²) in [6.45, 7) is 5.45. The minimum atomic E-state index is -0.326. The van der Waals surface area contributed by atoms with Crippen molar-refractivity contribution >= 4 is 5.97 Å². The van der Waals surface area contributed by atoms with Gasteiger partial charge in [-0.3, -0.25) is 4.90 Å². The summed E-state index contributed by atoms with van der Waals surface area (Å²) in [7, 11) is 0. The van der Waals surface area contributed by atoms with Gasteiger partial charge >= 0.3 is 5.97 Å². The molecule has 1 fully saturated rings. The predicted molar refractivity (Wildman–Crippen MR) is 73.1 cm³/mol. The van der Waals surface area contributed by atoms with Crippen molar-refractivity contribution in [1.29, 1.82) is 0 Å². The Kier molecular flexibility index (Phi) is 5.21. The van der Waals surface area contributed by atoms with E-state index < -0.39 is 0 Å². The number of hydrogen-bond acceptors (Lipinski definition) is 4. The zero-order valence-electron chi connectivity index (χ0n) is 11.4. The average Bonchev–Trinajstić information content (AvgIpc) is 2.90. The van der Waals surface area contributed by atoms with Crippen LogP contribution >= 0.6 is 0 Å². The summed E-state index contributed by atoms with van der Waals surface area (Å²) in [6, 6.07) is 7.92. The minimum Gasteiger partial charge on any atom is -0.482 e. The lowest BCUT2D eigenvalue weighted by Gasteiger charge is -2.15. The Balaban J connectivity index is 1.85. The molecule has 0 atom stereocenters. The van der Waals surface area contributed by atoms with Crippen molar-refractivity contribution in [1.82, 2.24) is 4.90 Å². The van der Waals surface area contributed by atoms with E-state index in [0.29, 0.717) is 6.61 Å². The van der Waals surface area contributed by atoms with Crippen molar-refractivity contribution < 1.29 is 14.3 Å². The van der Waals surface area contributed by atoms with Crippen LogP contribution in [-0.2, 0) is 16.1 Å². The zero-order chi connectivity index (χ0) is 13.5. The maximum absolute atomic E-state index is 11.2. The molecule has 0 radical (unpaired) electrons. The number of hydrogen-bond donors (Lipinski definition) is 0. The molecule has 2 rings (SSSR count). The predicted octanol–water partition coefficient (Wildman–Crippen LogP) is 2.22. The van der Waals surface area contributed by atoms with E-state index in [1.807, 2.05) is 18.2 Å². The summed E-state index contributed by atoms with van der Waals surface area (Å²) in [4.78, 5) is 13.7. The van der Waals surface area contributed by atoms with Gasteiger partial charge in [0.25, 0.3) is 0 Å². The van der Waals surface area contributed by atoms with Gasteiger partial charge in [0.2, 0.25) is 0 Å². The van der Waals surface area contributed by atoms with Crippen molar-refractivity contribution in [3.8, 4) is 5.75 Å². The fourth-order valence-corrected chi connectivity index (χ4v) is 2.28.